The number of nitrogens with zero attached hydrogens (tertiary/aromatic N) is 2. The molecule has 3 aromatic carbocycles. The van der Waals surface area contributed by atoms with Crippen LogP contribution in [0.3, 0.4) is 0 Å². The Balaban J connectivity index is 0.000000604. The maximum atomic E-state index is 11.6. The number of unbranched alkanes of at least 4 members (excludes halogenated alkanes) is 3. The summed E-state index contributed by atoms with van der Waals surface area (Å²) in [6.45, 7) is 15.3. The van der Waals surface area contributed by atoms with Gasteiger partial charge in [0.05, 0.1) is 17.1 Å². The van der Waals surface area contributed by atoms with E-state index in [-0.39, 0.29) is 28.0 Å². The second kappa shape index (κ2) is 25.1. The van der Waals surface area contributed by atoms with Crippen LogP contribution < -0.4 is 10.2 Å². The summed E-state index contributed by atoms with van der Waals surface area (Å²) in [7, 11) is 0. The fraction of sp³-hybridized carbons (Fsp3) is 0.535. The van der Waals surface area contributed by atoms with Crippen molar-refractivity contribution < 1.29 is 26.7 Å². The Bertz CT molecular complexity index is 1400. The van der Waals surface area contributed by atoms with E-state index >= 15 is 0 Å². The zero-order chi connectivity index (χ0) is 34.4. The molecule has 0 fully saturated rings. The molecule has 0 aliphatic carbocycles. The van der Waals surface area contributed by atoms with Gasteiger partial charge < -0.3 is 10.2 Å². The van der Waals surface area contributed by atoms with Crippen LogP contribution in [0.4, 0.5) is 11.4 Å². The number of aliphatic imine (C=N–C) groups is 2. The van der Waals surface area contributed by atoms with Gasteiger partial charge in [-0.1, -0.05) is 129 Å². The standard InChI is InChI=1S/C30H44N2.C13H20O2.Ni/c1-6-11-16-30(32-29-20-18-25(13-8-3)27(22-29)15-10-5)23-31-28-19-17-24(12-7-2)26(21-28)14-9-4;1-3-5-6-7-11-9-8-10(4-2)12(14)13(11)15;/h17-23H,6-16H2,1-5H3;8-9,14-15H,3-7H2,1-2H3;/q;;+2/p-2. The normalized spacial score (nSPS) is 11.4. The fourth-order valence-electron chi connectivity index (χ4n) is 5.91. The Kier molecular flexibility index (Phi) is 22.6. The molecule has 3 rings (SSSR count). The first-order valence-corrected chi connectivity index (χ1v) is 18.7. The van der Waals surface area contributed by atoms with Gasteiger partial charge in [0.1, 0.15) is 0 Å². The van der Waals surface area contributed by atoms with E-state index < -0.39 is 0 Å². The minimum absolute atomic E-state index is 0. The zero-order valence-corrected chi connectivity index (χ0v) is 32.0. The molecule has 48 heavy (non-hydrogen) atoms. The van der Waals surface area contributed by atoms with Crippen LogP contribution in [-0.2, 0) is 55.0 Å². The smallest absolute Gasteiger partial charge is 0.873 e. The van der Waals surface area contributed by atoms with Crippen LogP contribution in [-0.4, -0.2) is 11.9 Å². The summed E-state index contributed by atoms with van der Waals surface area (Å²) in [5.74, 6) is -0.586. The van der Waals surface area contributed by atoms with E-state index in [1.807, 2.05) is 19.2 Å². The number of rotatable bonds is 19. The van der Waals surface area contributed by atoms with E-state index in [0.29, 0.717) is 17.5 Å². The van der Waals surface area contributed by atoms with Crippen molar-refractivity contribution in [3.63, 3.8) is 0 Å². The molecule has 0 atom stereocenters. The molecule has 0 saturated carbocycles. The third-order valence-electron chi connectivity index (χ3n) is 8.58. The van der Waals surface area contributed by atoms with Crippen LogP contribution in [0.1, 0.15) is 146 Å². The van der Waals surface area contributed by atoms with E-state index in [0.717, 1.165) is 87.7 Å². The van der Waals surface area contributed by atoms with Gasteiger partial charge in [0, 0.05) is 6.21 Å². The summed E-state index contributed by atoms with van der Waals surface area (Å²) in [6.07, 6.45) is 19.1. The SMILES string of the molecule is CCCCC(C=Nc1ccc(CCC)c(CCC)c1)=Nc1ccc(CCC)c(CCC)c1.CCCCCc1ccc(CC)c([O-])c1[O-].[Ni+2]. The first-order valence-electron chi connectivity index (χ1n) is 18.7. The summed E-state index contributed by atoms with van der Waals surface area (Å²) in [5.41, 5.74) is 10.4. The average Bonchev–Trinajstić information content (AvgIpc) is 3.07. The third-order valence-corrected chi connectivity index (χ3v) is 8.58. The van der Waals surface area contributed by atoms with Gasteiger partial charge in [0.25, 0.3) is 0 Å². The van der Waals surface area contributed by atoms with E-state index in [4.69, 9.17) is 9.98 Å². The molecule has 0 aliphatic rings. The Morgan fingerprint density at radius 2 is 1.00 bits per heavy atom. The maximum absolute atomic E-state index is 11.6. The van der Waals surface area contributed by atoms with Crippen LogP contribution in [0, 0.1) is 0 Å². The average molecular weight is 698 g/mol. The van der Waals surface area contributed by atoms with Gasteiger partial charge in [-0.2, -0.15) is 0 Å². The van der Waals surface area contributed by atoms with Crippen molar-refractivity contribution in [2.75, 3.05) is 0 Å². The van der Waals surface area contributed by atoms with Crippen LogP contribution in [0.15, 0.2) is 58.5 Å². The molecule has 0 amide bonds. The van der Waals surface area contributed by atoms with Gasteiger partial charge in [-0.15, -0.1) is 11.5 Å². The third kappa shape index (κ3) is 14.7. The maximum Gasteiger partial charge on any atom is 2.00 e. The summed E-state index contributed by atoms with van der Waals surface area (Å²) < 4.78 is 0. The van der Waals surface area contributed by atoms with Crippen molar-refractivity contribution in [2.45, 2.75) is 151 Å². The predicted molar refractivity (Wildman–Crippen MR) is 202 cm³/mol. The molecule has 3 aromatic rings. The van der Waals surface area contributed by atoms with Crippen molar-refractivity contribution in [3.8, 4) is 11.5 Å². The largest absolute Gasteiger partial charge is 2.00 e. The second-order valence-corrected chi connectivity index (χ2v) is 12.7. The summed E-state index contributed by atoms with van der Waals surface area (Å²) in [6, 6.07) is 17.1. The van der Waals surface area contributed by atoms with Crippen LogP contribution in [0.5, 0.6) is 11.5 Å². The van der Waals surface area contributed by atoms with Gasteiger partial charge in [-0.25, -0.2) is 0 Å². The van der Waals surface area contributed by atoms with Gasteiger partial charge in [-0.05, 0) is 104 Å². The molecular weight excluding hydrogens is 635 g/mol. The van der Waals surface area contributed by atoms with E-state index in [9.17, 15) is 10.2 Å². The van der Waals surface area contributed by atoms with Crippen molar-refractivity contribution in [1.82, 2.24) is 0 Å². The summed E-state index contributed by atoms with van der Waals surface area (Å²) >= 11 is 0. The van der Waals surface area contributed by atoms with Crippen LogP contribution in [0.25, 0.3) is 0 Å². The molecule has 0 bridgehead atoms. The van der Waals surface area contributed by atoms with Crippen LogP contribution in [0.2, 0.25) is 0 Å². The zero-order valence-electron chi connectivity index (χ0n) is 31.0. The molecular formula is C43H62N2NiO2. The van der Waals surface area contributed by atoms with Crippen molar-refractivity contribution in [2.24, 2.45) is 9.98 Å². The summed E-state index contributed by atoms with van der Waals surface area (Å²) in [5, 5.41) is 23.2. The predicted octanol–water partition coefficient (Wildman–Crippen LogP) is 11.3. The molecule has 0 heterocycles. The molecule has 0 spiro atoms. The Labute approximate surface area is 303 Å². The number of hydrogen-bond acceptors (Lipinski definition) is 4. The van der Waals surface area contributed by atoms with Crippen LogP contribution >= 0.6 is 0 Å². The number of hydrogen-bond donors (Lipinski definition) is 0. The van der Waals surface area contributed by atoms with Crippen molar-refractivity contribution in [3.05, 3.63) is 81.9 Å². The molecule has 0 saturated heterocycles. The minimum Gasteiger partial charge on any atom is -0.873 e. The van der Waals surface area contributed by atoms with E-state index in [1.165, 1.54) is 47.9 Å². The fourth-order valence-corrected chi connectivity index (χ4v) is 5.91. The van der Waals surface area contributed by atoms with E-state index in [2.05, 4.69) is 77.9 Å². The Morgan fingerprint density at radius 3 is 1.54 bits per heavy atom. The number of aryl methyl sites for hydroxylation is 6. The molecule has 266 valence electrons. The first kappa shape index (κ1) is 43.1. The van der Waals surface area contributed by atoms with Crippen molar-refractivity contribution >= 4 is 23.3 Å². The number of benzene rings is 3. The van der Waals surface area contributed by atoms with Gasteiger partial charge in [-0.3, -0.25) is 9.98 Å². The van der Waals surface area contributed by atoms with Gasteiger partial charge >= 0.3 is 16.5 Å². The molecule has 0 aliphatic heterocycles. The molecule has 0 aromatic heterocycles. The quantitative estimate of drug-likeness (QED) is 0.0711. The Morgan fingerprint density at radius 1 is 0.521 bits per heavy atom. The van der Waals surface area contributed by atoms with E-state index in [1.54, 1.807) is 6.07 Å². The molecule has 0 unspecified atom stereocenters. The minimum atomic E-state index is -0.300. The molecule has 0 radical (unpaired) electrons. The Hall–Kier alpha value is -2.91. The topological polar surface area (TPSA) is 70.8 Å². The molecule has 5 heteroatoms. The summed E-state index contributed by atoms with van der Waals surface area (Å²) in [4.78, 5) is 9.88. The molecule has 0 N–H and O–H groups in total. The monoisotopic (exact) mass is 696 g/mol. The van der Waals surface area contributed by atoms with Gasteiger partial charge in [0.15, 0.2) is 0 Å². The first-order chi connectivity index (χ1) is 22.8. The van der Waals surface area contributed by atoms with Gasteiger partial charge in [0.2, 0.25) is 0 Å². The van der Waals surface area contributed by atoms with Crippen molar-refractivity contribution in [1.29, 1.82) is 0 Å². The molecule has 4 nitrogen and oxygen atoms in total. The second-order valence-electron chi connectivity index (χ2n) is 12.7.